The molecule has 1 aromatic carbocycles. The largest absolute Gasteiger partial charge is 0.352 e. The van der Waals surface area contributed by atoms with Crippen LogP contribution in [0.2, 0.25) is 5.02 Å². The number of halogens is 2. The van der Waals surface area contributed by atoms with Crippen LogP contribution in [0.25, 0.3) is 0 Å². The van der Waals surface area contributed by atoms with Gasteiger partial charge in [-0.05, 0) is 43.2 Å². The molecule has 1 amide bonds. The second-order valence-corrected chi connectivity index (χ2v) is 6.96. The van der Waals surface area contributed by atoms with Gasteiger partial charge in [0.1, 0.15) is 0 Å². The Balaban J connectivity index is 1.97. The summed E-state index contributed by atoms with van der Waals surface area (Å²) in [5.41, 5.74) is 0.542. The highest BCUT2D eigenvalue weighted by Crippen LogP contribution is 2.28. The van der Waals surface area contributed by atoms with E-state index in [4.69, 9.17) is 23.2 Å². The maximum atomic E-state index is 12.2. The highest BCUT2D eigenvalue weighted by Gasteiger charge is 2.23. The Labute approximate surface area is 134 Å². The summed E-state index contributed by atoms with van der Waals surface area (Å²) in [6.07, 6.45) is 6.51. The second kappa shape index (κ2) is 7.58. The van der Waals surface area contributed by atoms with Gasteiger partial charge < -0.3 is 5.32 Å². The Hall–Kier alpha value is -0.380. The minimum Gasteiger partial charge on any atom is -0.352 e. The molecule has 2 unspecified atom stereocenters. The Morgan fingerprint density at radius 1 is 1.40 bits per heavy atom. The highest BCUT2D eigenvalue weighted by molar-refractivity contribution is 7.98. The van der Waals surface area contributed by atoms with Crippen molar-refractivity contribution >= 4 is 40.9 Å². The summed E-state index contributed by atoms with van der Waals surface area (Å²) in [5, 5.41) is 3.64. The number of nitrogens with one attached hydrogen (secondary N) is 1. The van der Waals surface area contributed by atoms with E-state index in [2.05, 4.69) is 5.32 Å². The Bertz CT molecular complexity index is 481. The van der Waals surface area contributed by atoms with Crippen LogP contribution in [-0.2, 0) is 0 Å². The molecule has 0 spiro atoms. The van der Waals surface area contributed by atoms with Gasteiger partial charge >= 0.3 is 0 Å². The van der Waals surface area contributed by atoms with E-state index in [9.17, 15) is 4.79 Å². The average Bonchev–Trinajstić information content (AvgIpc) is 2.46. The van der Waals surface area contributed by atoms with E-state index < -0.39 is 0 Å². The van der Waals surface area contributed by atoms with Crippen LogP contribution in [0.4, 0.5) is 0 Å². The molecule has 1 saturated carbocycles. The Kier molecular flexibility index (Phi) is 6.06. The number of hydrogen-bond donors (Lipinski definition) is 1. The molecule has 1 N–H and O–H groups in total. The normalized spacial score (nSPS) is 22.6. The number of carbonyl (C=O) groups excluding carboxylic acids is 1. The maximum absolute atomic E-state index is 12.2. The Morgan fingerprint density at radius 3 is 2.85 bits per heavy atom. The summed E-state index contributed by atoms with van der Waals surface area (Å²) in [6, 6.07) is 5.52. The van der Waals surface area contributed by atoms with Crippen LogP contribution in [0.3, 0.4) is 0 Å². The summed E-state index contributed by atoms with van der Waals surface area (Å²) >= 11 is 14.0. The molecule has 0 saturated heterocycles. The molecule has 0 aliphatic heterocycles. The molecule has 2 atom stereocenters. The maximum Gasteiger partial charge on any atom is 0.252 e. The first-order valence-electron chi connectivity index (χ1n) is 6.87. The standard InChI is InChI=1S/C15H19Cl2NOS/c1-20-11-6-7-14(17)12(8-11)15(19)18-9-10-4-2-3-5-13(10)16/h6-8,10,13H,2-5,9H2,1H3,(H,18,19). The average molecular weight is 332 g/mol. The van der Waals surface area contributed by atoms with E-state index in [1.807, 2.05) is 18.4 Å². The molecule has 0 aromatic heterocycles. The lowest BCUT2D eigenvalue weighted by Gasteiger charge is -2.27. The van der Waals surface area contributed by atoms with Gasteiger partial charge in [-0.1, -0.05) is 24.4 Å². The molecule has 1 aliphatic rings. The van der Waals surface area contributed by atoms with Crippen molar-refractivity contribution in [1.82, 2.24) is 5.32 Å². The molecular weight excluding hydrogens is 313 g/mol. The van der Waals surface area contributed by atoms with Gasteiger partial charge in [0.25, 0.3) is 5.91 Å². The van der Waals surface area contributed by atoms with E-state index in [-0.39, 0.29) is 11.3 Å². The summed E-state index contributed by atoms with van der Waals surface area (Å²) in [4.78, 5) is 13.3. The van der Waals surface area contributed by atoms with E-state index >= 15 is 0 Å². The molecule has 0 radical (unpaired) electrons. The Morgan fingerprint density at radius 2 is 2.15 bits per heavy atom. The molecule has 1 aliphatic carbocycles. The fourth-order valence-electron chi connectivity index (χ4n) is 2.52. The van der Waals surface area contributed by atoms with Gasteiger partial charge in [0, 0.05) is 16.8 Å². The number of benzene rings is 1. The molecule has 2 nitrogen and oxygen atoms in total. The van der Waals surface area contributed by atoms with Gasteiger partial charge in [-0.15, -0.1) is 23.4 Å². The number of alkyl halides is 1. The van der Waals surface area contributed by atoms with Crippen molar-refractivity contribution in [1.29, 1.82) is 0 Å². The van der Waals surface area contributed by atoms with E-state index in [0.717, 1.165) is 17.7 Å². The lowest BCUT2D eigenvalue weighted by atomic mass is 9.88. The summed E-state index contributed by atoms with van der Waals surface area (Å²) in [6.45, 7) is 0.632. The second-order valence-electron chi connectivity index (χ2n) is 5.12. The SMILES string of the molecule is CSc1ccc(Cl)c(C(=O)NCC2CCCCC2Cl)c1. The van der Waals surface area contributed by atoms with Gasteiger partial charge in [-0.2, -0.15) is 0 Å². The van der Waals surface area contributed by atoms with Crippen molar-refractivity contribution in [2.75, 3.05) is 12.8 Å². The van der Waals surface area contributed by atoms with Crippen LogP contribution in [0.15, 0.2) is 23.1 Å². The molecule has 1 aromatic rings. The first kappa shape index (κ1) is 16.0. The van der Waals surface area contributed by atoms with Gasteiger partial charge in [0.2, 0.25) is 0 Å². The lowest BCUT2D eigenvalue weighted by Crippen LogP contribution is -2.34. The summed E-state index contributed by atoms with van der Waals surface area (Å²) in [5.74, 6) is 0.261. The zero-order valence-electron chi connectivity index (χ0n) is 11.5. The fraction of sp³-hybridized carbons (Fsp3) is 0.533. The van der Waals surface area contributed by atoms with Crippen LogP contribution >= 0.6 is 35.0 Å². The van der Waals surface area contributed by atoms with Crippen LogP contribution in [0.5, 0.6) is 0 Å². The van der Waals surface area contributed by atoms with Crippen molar-refractivity contribution in [2.45, 2.75) is 36.0 Å². The lowest BCUT2D eigenvalue weighted by molar-refractivity contribution is 0.0944. The van der Waals surface area contributed by atoms with Crippen LogP contribution < -0.4 is 5.32 Å². The molecule has 1 fully saturated rings. The zero-order chi connectivity index (χ0) is 14.5. The van der Waals surface area contributed by atoms with Gasteiger partial charge in [0.15, 0.2) is 0 Å². The summed E-state index contributed by atoms with van der Waals surface area (Å²) in [7, 11) is 0. The zero-order valence-corrected chi connectivity index (χ0v) is 13.8. The predicted octanol–water partition coefficient (Wildman–Crippen LogP) is 4.59. The minimum absolute atomic E-state index is 0.111. The quantitative estimate of drug-likeness (QED) is 0.645. The minimum atomic E-state index is -0.111. The first-order valence-corrected chi connectivity index (χ1v) is 8.91. The monoisotopic (exact) mass is 331 g/mol. The third kappa shape index (κ3) is 4.06. The fourth-order valence-corrected chi connectivity index (χ4v) is 3.53. The van der Waals surface area contributed by atoms with Crippen molar-refractivity contribution in [3.8, 4) is 0 Å². The smallest absolute Gasteiger partial charge is 0.252 e. The van der Waals surface area contributed by atoms with Crippen LogP contribution in [0.1, 0.15) is 36.0 Å². The third-order valence-corrected chi connectivity index (χ3v) is 5.39. The number of hydrogen-bond acceptors (Lipinski definition) is 2. The van der Waals surface area contributed by atoms with Gasteiger partial charge in [-0.3, -0.25) is 4.79 Å². The van der Waals surface area contributed by atoms with Crippen molar-refractivity contribution in [2.24, 2.45) is 5.92 Å². The van der Waals surface area contributed by atoms with E-state index in [0.29, 0.717) is 23.0 Å². The molecule has 2 rings (SSSR count). The van der Waals surface area contributed by atoms with Gasteiger partial charge in [0.05, 0.1) is 10.6 Å². The highest BCUT2D eigenvalue weighted by atomic mass is 35.5. The number of amides is 1. The topological polar surface area (TPSA) is 29.1 Å². The van der Waals surface area contributed by atoms with Crippen molar-refractivity contribution < 1.29 is 4.79 Å². The van der Waals surface area contributed by atoms with E-state index in [1.165, 1.54) is 12.8 Å². The number of thioether (sulfide) groups is 1. The van der Waals surface area contributed by atoms with Crippen molar-refractivity contribution in [3.63, 3.8) is 0 Å². The van der Waals surface area contributed by atoms with Crippen LogP contribution in [0, 0.1) is 5.92 Å². The van der Waals surface area contributed by atoms with Crippen molar-refractivity contribution in [3.05, 3.63) is 28.8 Å². The third-order valence-electron chi connectivity index (χ3n) is 3.76. The molecule has 0 heterocycles. The molecule has 20 heavy (non-hydrogen) atoms. The number of carbonyl (C=O) groups is 1. The molecule has 0 bridgehead atoms. The molecule has 110 valence electrons. The summed E-state index contributed by atoms with van der Waals surface area (Å²) < 4.78 is 0. The molecule has 5 heteroatoms. The predicted molar refractivity (Wildman–Crippen MR) is 87.2 cm³/mol. The first-order chi connectivity index (χ1) is 9.61. The number of rotatable bonds is 4. The van der Waals surface area contributed by atoms with Crippen LogP contribution in [-0.4, -0.2) is 24.1 Å². The molecular formula is C15H19Cl2NOS. The van der Waals surface area contributed by atoms with Gasteiger partial charge in [-0.25, -0.2) is 0 Å². The van der Waals surface area contributed by atoms with E-state index in [1.54, 1.807) is 17.8 Å².